The summed E-state index contributed by atoms with van der Waals surface area (Å²) in [5, 5.41) is 8.80. The Morgan fingerprint density at radius 2 is 1.33 bits per heavy atom. The van der Waals surface area contributed by atoms with Crippen molar-refractivity contribution in [1.82, 2.24) is 0 Å². The van der Waals surface area contributed by atoms with Crippen LogP contribution in [0.2, 0.25) is 0 Å². The van der Waals surface area contributed by atoms with Gasteiger partial charge in [0, 0.05) is 0 Å². The fourth-order valence-electron chi connectivity index (χ4n) is 2.75. The van der Waals surface area contributed by atoms with Crippen LogP contribution in [0.15, 0.2) is 60.7 Å². The molecule has 0 aromatic heterocycles. The second-order valence-corrected chi connectivity index (χ2v) is 6.64. The van der Waals surface area contributed by atoms with Crippen molar-refractivity contribution < 1.29 is 4.74 Å². The average molecular weight is 360 g/mol. The summed E-state index contributed by atoms with van der Waals surface area (Å²) in [6, 6.07) is 17.9. The van der Waals surface area contributed by atoms with Gasteiger partial charge in [0.25, 0.3) is 0 Å². The lowest BCUT2D eigenvalue weighted by molar-refractivity contribution is 0.304. The molecule has 0 N–H and O–H groups in total. The van der Waals surface area contributed by atoms with E-state index < -0.39 is 0 Å². The smallest absolute Gasteiger partial charge is 0.119 e. The van der Waals surface area contributed by atoms with E-state index in [1.54, 1.807) is 0 Å². The lowest BCUT2D eigenvalue weighted by Crippen LogP contribution is -1.97. The largest absolute Gasteiger partial charge is 0.494 e. The summed E-state index contributed by atoms with van der Waals surface area (Å²) in [4.78, 5) is 0. The third kappa shape index (κ3) is 8.42. The van der Waals surface area contributed by atoms with Gasteiger partial charge in [0.1, 0.15) is 5.75 Å². The van der Waals surface area contributed by atoms with E-state index in [1.165, 1.54) is 32.1 Å². The third-order valence-corrected chi connectivity index (χ3v) is 4.37. The number of allylic oxidation sites excluding steroid dienone is 2. The maximum Gasteiger partial charge on any atom is 0.119 e. The van der Waals surface area contributed by atoms with Crippen LogP contribution in [-0.4, -0.2) is 6.61 Å². The fourth-order valence-corrected chi connectivity index (χ4v) is 2.75. The Morgan fingerprint density at radius 1 is 0.778 bits per heavy atom. The number of hydrogen-bond donors (Lipinski definition) is 0. The molecule has 0 saturated carbocycles. The zero-order valence-corrected chi connectivity index (χ0v) is 16.2. The van der Waals surface area contributed by atoms with E-state index in [0.717, 1.165) is 29.9 Å². The molecule has 0 spiro atoms. The molecule has 0 aliphatic rings. The van der Waals surface area contributed by atoms with Crippen molar-refractivity contribution in [2.24, 2.45) is 0 Å². The first-order valence-corrected chi connectivity index (χ1v) is 9.89. The Balaban J connectivity index is 1.70. The second-order valence-electron chi connectivity index (χ2n) is 6.64. The number of ether oxygens (including phenoxy) is 1. The van der Waals surface area contributed by atoms with E-state index in [2.05, 4.69) is 31.2 Å². The standard InChI is InChI=1S/C25H29NO/c1-2-3-4-5-6-9-20-27-25-18-16-23(17-19-25)11-8-7-10-22-12-14-24(21-26)15-13-22/h7-8,10-19H,2-6,9,20H2,1H3/b10-7+,11-8+. The van der Waals surface area contributed by atoms with Crippen molar-refractivity contribution in [3.05, 3.63) is 77.4 Å². The van der Waals surface area contributed by atoms with Crippen LogP contribution in [0.4, 0.5) is 0 Å². The molecule has 2 heteroatoms. The molecule has 0 bridgehead atoms. The van der Waals surface area contributed by atoms with Gasteiger partial charge in [-0.05, 0) is 41.8 Å². The van der Waals surface area contributed by atoms with Crippen LogP contribution in [0.5, 0.6) is 5.75 Å². The van der Waals surface area contributed by atoms with E-state index in [4.69, 9.17) is 10.00 Å². The molecule has 0 aliphatic heterocycles. The summed E-state index contributed by atoms with van der Waals surface area (Å²) in [7, 11) is 0. The number of hydrogen-bond acceptors (Lipinski definition) is 2. The highest BCUT2D eigenvalue weighted by Crippen LogP contribution is 2.14. The minimum Gasteiger partial charge on any atom is -0.494 e. The van der Waals surface area contributed by atoms with Crippen molar-refractivity contribution in [3.8, 4) is 11.8 Å². The van der Waals surface area contributed by atoms with Crippen molar-refractivity contribution in [3.63, 3.8) is 0 Å². The Morgan fingerprint density at radius 3 is 1.93 bits per heavy atom. The molecule has 140 valence electrons. The predicted molar refractivity (Wildman–Crippen MR) is 115 cm³/mol. The quantitative estimate of drug-likeness (QED) is 0.319. The number of nitrogens with zero attached hydrogens (tertiary/aromatic N) is 1. The van der Waals surface area contributed by atoms with Gasteiger partial charge < -0.3 is 4.74 Å². The maximum atomic E-state index is 8.80. The normalized spacial score (nSPS) is 11.1. The van der Waals surface area contributed by atoms with E-state index in [9.17, 15) is 0 Å². The van der Waals surface area contributed by atoms with Gasteiger partial charge in [-0.1, -0.05) is 87.6 Å². The fraction of sp³-hybridized carbons (Fsp3) is 0.320. The molecule has 0 saturated heterocycles. The lowest BCUT2D eigenvalue weighted by atomic mass is 10.1. The Kier molecular flexibility index (Phi) is 9.53. The molecule has 27 heavy (non-hydrogen) atoms. The molecule has 0 atom stereocenters. The molecule has 2 aromatic carbocycles. The van der Waals surface area contributed by atoms with Crippen LogP contribution in [0.25, 0.3) is 12.2 Å². The molecule has 0 aliphatic carbocycles. The van der Waals surface area contributed by atoms with Gasteiger partial charge in [-0.3, -0.25) is 0 Å². The molecule has 2 aromatic rings. The highest BCUT2D eigenvalue weighted by molar-refractivity contribution is 5.58. The monoisotopic (exact) mass is 359 g/mol. The van der Waals surface area contributed by atoms with Gasteiger partial charge in [0.15, 0.2) is 0 Å². The number of rotatable bonds is 11. The van der Waals surface area contributed by atoms with E-state index >= 15 is 0 Å². The Labute approximate surface area is 163 Å². The topological polar surface area (TPSA) is 33.0 Å². The van der Waals surface area contributed by atoms with E-state index in [0.29, 0.717) is 5.56 Å². The Bertz CT molecular complexity index is 748. The van der Waals surface area contributed by atoms with Crippen LogP contribution in [-0.2, 0) is 0 Å². The lowest BCUT2D eigenvalue weighted by Gasteiger charge is -2.06. The summed E-state index contributed by atoms with van der Waals surface area (Å²) in [6.45, 7) is 3.04. The van der Waals surface area contributed by atoms with Gasteiger partial charge in [-0.2, -0.15) is 5.26 Å². The van der Waals surface area contributed by atoms with Crippen LogP contribution in [0.1, 0.15) is 62.1 Å². The van der Waals surface area contributed by atoms with Gasteiger partial charge in [-0.25, -0.2) is 0 Å². The SMILES string of the molecule is CCCCCCCCOc1ccc(/C=C/C=C/c2ccc(C#N)cc2)cc1. The molecule has 0 fully saturated rings. The highest BCUT2D eigenvalue weighted by atomic mass is 16.5. The van der Waals surface area contributed by atoms with Crippen LogP contribution >= 0.6 is 0 Å². The maximum absolute atomic E-state index is 8.80. The number of unbranched alkanes of at least 4 members (excludes halogenated alkanes) is 5. The first-order valence-electron chi connectivity index (χ1n) is 9.89. The second kappa shape index (κ2) is 12.5. The minimum absolute atomic E-state index is 0.682. The van der Waals surface area contributed by atoms with Crippen molar-refractivity contribution in [1.29, 1.82) is 5.26 Å². The van der Waals surface area contributed by atoms with Gasteiger partial charge in [-0.15, -0.1) is 0 Å². The molecular formula is C25H29NO. The van der Waals surface area contributed by atoms with Crippen molar-refractivity contribution >= 4 is 12.2 Å². The van der Waals surface area contributed by atoms with Crippen molar-refractivity contribution in [2.45, 2.75) is 45.4 Å². The Hall–Kier alpha value is -2.79. The van der Waals surface area contributed by atoms with Gasteiger partial charge >= 0.3 is 0 Å². The molecule has 0 radical (unpaired) electrons. The van der Waals surface area contributed by atoms with Crippen LogP contribution in [0, 0.1) is 11.3 Å². The predicted octanol–water partition coefficient (Wildman–Crippen LogP) is 7.02. The summed E-state index contributed by atoms with van der Waals surface area (Å²) >= 11 is 0. The summed E-state index contributed by atoms with van der Waals surface area (Å²) in [5.74, 6) is 0.939. The average Bonchev–Trinajstić information content (AvgIpc) is 2.72. The molecule has 0 unspecified atom stereocenters. The first kappa shape index (κ1) is 20.5. The van der Waals surface area contributed by atoms with Gasteiger partial charge in [0.2, 0.25) is 0 Å². The third-order valence-electron chi connectivity index (χ3n) is 4.37. The number of nitriles is 1. The molecule has 2 nitrogen and oxygen atoms in total. The minimum atomic E-state index is 0.682. The van der Waals surface area contributed by atoms with E-state index in [1.807, 2.05) is 54.6 Å². The molecule has 0 amide bonds. The van der Waals surface area contributed by atoms with Crippen LogP contribution in [0.3, 0.4) is 0 Å². The number of benzene rings is 2. The summed E-state index contributed by atoms with van der Waals surface area (Å²) < 4.78 is 5.81. The highest BCUT2D eigenvalue weighted by Gasteiger charge is 1.95. The summed E-state index contributed by atoms with van der Waals surface area (Å²) in [5.41, 5.74) is 2.91. The molecule has 2 rings (SSSR count). The van der Waals surface area contributed by atoms with E-state index in [-0.39, 0.29) is 0 Å². The zero-order chi connectivity index (χ0) is 19.2. The van der Waals surface area contributed by atoms with Crippen LogP contribution < -0.4 is 4.74 Å². The first-order chi connectivity index (χ1) is 13.3. The van der Waals surface area contributed by atoms with Gasteiger partial charge in [0.05, 0.1) is 18.2 Å². The molecule has 0 heterocycles. The zero-order valence-electron chi connectivity index (χ0n) is 16.2. The molecular weight excluding hydrogens is 330 g/mol. The van der Waals surface area contributed by atoms with Crippen molar-refractivity contribution in [2.75, 3.05) is 6.61 Å². The summed E-state index contributed by atoms with van der Waals surface area (Å²) in [6.07, 6.45) is 15.8.